The summed E-state index contributed by atoms with van der Waals surface area (Å²) in [6.07, 6.45) is 0.289. The number of hydrogen-bond acceptors (Lipinski definition) is 6. The number of carboxylic acid groups (broad SMARTS) is 1. The van der Waals surface area contributed by atoms with Crippen molar-refractivity contribution < 1.29 is 53.5 Å². The van der Waals surface area contributed by atoms with Crippen molar-refractivity contribution in [3.8, 4) is 22.5 Å². The van der Waals surface area contributed by atoms with Gasteiger partial charge in [-0.2, -0.15) is 0 Å². The third kappa shape index (κ3) is 6.35. The van der Waals surface area contributed by atoms with Gasteiger partial charge in [0.05, 0.1) is 6.20 Å². The Kier molecular flexibility index (Phi) is 8.65. The summed E-state index contributed by atoms with van der Waals surface area (Å²) in [5.74, 6) is -0.697. The molecule has 0 aliphatic carbocycles. The second kappa shape index (κ2) is 11.7. The van der Waals surface area contributed by atoms with E-state index in [1.54, 1.807) is 19.1 Å². The van der Waals surface area contributed by atoms with Crippen LogP contribution in [-0.2, 0) is 16.0 Å². The number of amides is 1. The summed E-state index contributed by atoms with van der Waals surface area (Å²) in [4.78, 5) is 23.1. The van der Waals surface area contributed by atoms with Crippen molar-refractivity contribution in [3.63, 3.8) is 0 Å². The van der Waals surface area contributed by atoms with Gasteiger partial charge in [-0.05, 0) is 29.2 Å². The van der Waals surface area contributed by atoms with E-state index < -0.39 is 18.2 Å². The number of aliphatic carboxylic acids is 1. The molecule has 1 heterocycles. The molecule has 0 spiro atoms. The Labute approximate surface area is 219 Å². The Balaban J connectivity index is 0.00000324. The summed E-state index contributed by atoms with van der Waals surface area (Å²) < 4.78 is 10.8. The Hall–Kier alpha value is -3.39. The molecule has 34 heavy (non-hydrogen) atoms. The van der Waals surface area contributed by atoms with Crippen LogP contribution in [0, 0.1) is 0 Å². The van der Waals surface area contributed by atoms with E-state index >= 15 is 0 Å². The van der Waals surface area contributed by atoms with Crippen molar-refractivity contribution in [2.75, 3.05) is 5.32 Å². The molecule has 166 valence electrons. The number of carbonyl (C=O) groups is 2. The van der Waals surface area contributed by atoms with Gasteiger partial charge in [-0.15, -0.1) is 0 Å². The average Bonchev–Trinajstić information content (AvgIpc) is 3.28. The molecule has 0 aliphatic rings. The van der Waals surface area contributed by atoms with Crippen LogP contribution >= 0.6 is 0 Å². The zero-order valence-corrected chi connectivity index (χ0v) is 20.9. The largest absolute Gasteiger partial charge is 1.00 e. The van der Waals surface area contributed by atoms with E-state index in [0.717, 1.165) is 22.3 Å². The number of ether oxygens (including phenoxy) is 1. The second-order valence-electron chi connectivity index (χ2n) is 7.47. The van der Waals surface area contributed by atoms with Crippen LogP contribution in [0.4, 0.5) is 10.5 Å². The fourth-order valence-electron chi connectivity index (χ4n) is 3.42. The standard InChI is InChI=1S/C26H22N2O5.Na/c1-17(19-5-3-2-4-6-19)32-26(31)28-23-16-27-33-25(23)22-13-11-21(12-14-22)20-9-7-18(8-10-20)15-24(29)30;/h2-14,16-17H,15H2,1H3,(H,28,31)(H,29,30);/q;+1/p-1. The first-order chi connectivity index (χ1) is 16.0. The maximum Gasteiger partial charge on any atom is 1.00 e. The van der Waals surface area contributed by atoms with Crippen LogP contribution in [0.25, 0.3) is 22.5 Å². The van der Waals surface area contributed by atoms with E-state index in [0.29, 0.717) is 17.0 Å². The predicted octanol–water partition coefficient (Wildman–Crippen LogP) is 1.61. The van der Waals surface area contributed by atoms with Gasteiger partial charge in [0.25, 0.3) is 0 Å². The van der Waals surface area contributed by atoms with E-state index in [1.807, 2.05) is 66.7 Å². The maximum absolute atomic E-state index is 12.4. The number of carboxylic acids is 1. The van der Waals surface area contributed by atoms with Crippen molar-refractivity contribution in [1.29, 1.82) is 0 Å². The summed E-state index contributed by atoms with van der Waals surface area (Å²) in [5, 5.41) is 17.2. The molecule has 0 bridgehead atoms. The molecule has 1 atom stereocenters. The molecule has 0 aliphatic heterocycles. The number of nitrogens with one attached hydrogen (secondary N) is 1. The molecule has 7 nitrogen and oxygen atoms in total. The summed E-state index contributed by atoms with van der Waals surface area (Å²) in [6, 6.07) is 24.2. The number of anilines is 1. The van der Waals surface area contributed by atoms with Gasteiger partial charge in [0.2, 0.25) is 0 Å². The van der Waals surface area contributed by atoms with Gasteiger partial charge in [0, 0.05) is 18.0 Å². The molecule has 8 heteroatoms. The minimum atomic E-state index is -1.11. The number of carbonyl (C=O) groups excluding carboxylic acids is 2. The minimum Gasteiger partial charge on any atom is -0.550 e. The van der Waals surface area contributed by atoms with Crippen LogP contribution in [0.15, 0.2) is 89.6 Å². The van der Waals surface area contributed by atoms with Crippen molar-refractivity contribution in [1.82, 2.24) is 5.16 Å². The Morgan fingerprint density at radius 3 is 2.15 bits per heavy atom. The smallest absolute Gasteiger partial charge is 0.550 e. The van der Waals surface area contributed by atoms with Crippen LogP contribution in [0.2, 0.25) is 0 Å². The van der Waals surface area contributed by atoms with Gasteiger partial charge in [-0.1, -0.05) is 84.0 Å². The molecule has 0 radical (unpaired) electrons. The Morgan fingerprint density at radius 2 is 1.53 bits per heavy atom. The zero-order chi connectivity index (χ0) is 23.2. The van der Waals surface area contributed by atoms with Gasteiger partial charge >= 0.3 is 35.7 Å². The molecule has 1 amide bonds. The van der Waals surface area contributed by atoms with Gasteiger partial charge in [0.1, 0.15) is 11.8 Å². The van der Waals surface area contributed by atoms with E-state index in [9.17, 15) is 14.7 Å². The third-order valence-electron chi connectivity index (χ3n) is 5.14. The first kappa shape index (κ1) is 25.2. The molecular weight excluding hydrogens is 443 g/mol. The van der Waals surface area contributed by atoms with Gasteiger partial charge in [-0.3, -0.25) is 5.32 Å². The average molecular weight is 464 g/mol. The van der Waals surface area contributed by atoms with Crippen LogP contribution in [-0.4, -0.2) is 17.2 Å². The van der Waals surface area contributed by atoms with Crippen LogP contribution < -0.4 is 40.0 Å². The molecule has 0 saturated heterocycles. The molecule has 4 aromatic rings. The number of benzene rings is 3. The SMILES string of the molecule is CC(OC(=O)Nc1cnoc1-c1ccc(-c2ccc(CC(=O)[O-])cc2)cc1)c1ccccc1.[Na+]. The van der Waals surface area contributed by atoms with Crippen molar-refractivity contribution in [2.45, 2.75) is 19.4 Å². The normalized spacial score (nSPS) is 11.2. The molecule has 0 saturated carbocycles. The first-order valence-electron chi connectivity index (χ1n) is 10.4. The predicted molar refractivity (Wildman–Crippen MR) is 121 cm³/mol. The number of nitrogens with zero attached hydrogens (tertiary/aromatic N) is 1. The van der Waals surface area contributed by atoms with E-state index in [4.69, 9.17) is 9.26 Å². The van der Waals surface area contributed by atoms with Gasteiger partial charge in [-0.25, -0.2) is 4.79 Å². The quantitative estimate of drug-likeness (QED) is 0.417. The molecule has 1 N–H and O–H groups in total. The van der Waals surface area contributed by atoms with Crippen molar-refractivity contribution >= 4 is 17.7 Å². The Bertz CT molecular complexity index is 1240. The Morgan fingerprint density at radius 1 is 0.941 bits per heavy atom. The number of rotatable bonds is 7. The minimum absolute atomic E-state index is 0. The van der Waals surface area contributed by atoms with E-state index in [1.165, 1.54) is 6.20 Å². The van der Waals surface area contributed by atoms with Crippen LogP contribution in [0.5, 0.6) is 0 Å². The van der Waals surface area contributed by atoms with Crippen molar-refractivity contribution in [2.24, 2.45) is 0 Å². The first-order valence-corrected chi connectivity index (χ1v) is 10.4. The monoisotopic (exact) mass is 464 g/mol. The van der Waals surface area contributed by atoms with Crippen molar-refractivity contribution in [3.05, 3.63) is 96.2 Å². The summed E-state index contributed by atoms with van der Waals surface area (Å²) in [6.45, 7) is 1.80. The fourth-order valence-corrected chi connectivity index (χ4v) is 3.42. The van der Waals surface area contributed by atoms with Crippen LogP contribution in [0.1, 0.15) is 24.2 Å². The van der Waals surface area contributed by atoms with Crippen LogP contribution in [0.3, 0.4) is 0 Å². The molecule has 3 aromatic carbocycles. The second-order valence-corrected chi connectivity index (χ2v) is 7.47. The summed E-state index contributed by atoms with van der Waals surface area (Å²) >= 11 is 0. The maximum atomic E-state index is 12.4. The topological polar surface area (TPSA) is 104 Å². The molecule has 0 fully saturated rings. The molecule has 1 unspecified atom stereocenters. The number of hydrogen-bond donors (Lipinski definition) is 1. The third-order valence-corrected chi connectivity index (χ3v) is 5.14. The van der Waals surface area contributed by atoms with E-state index in [2.05, 4.69) is 10.5 Å². The van der Waals surface area contributed by atoms with E-state index in [-0.39, 0.29) is 36.0 Å². The number of aromatic nitrogens is 1. The van der Waals surface area contributed by atoms with Gasteiger partial charge in [0.15, 0.2) is 5.76 Å². The molecule has 1 aromatic heterocycles. The summed E-state index contributed by atoms with van der Waals surface area (Å²) in [7, 11) is 0. The fraction of sp³-hybridized carbons (Fsp3) is 0.115. The molecular formula is C26H21N2NaO5. The summed E-state index contributed by atoms with van der Waals surface area (Å²) in [5.41, 5.74) is 4.60. The molecule has 4 rings (SSSR count). The van der Waals surface area contributed by atoms with Gasteiger partial charge < -0.3 is 19.2 Å². The zero-order valence-electron chi connectivity index (χ0n) is 18.9.